The van der Waals surface area contributed by atoms with E-state index in [1.807, 2.05) is 18.2 Å². The maximum absolute atomic E-state index is 13.4. The highest BCUT2D eigenvalue weighted by atomic mass is 19.1. The second-order valence-electron chi connectivity index (χ2n) is 7.01. The summed E-state index contributed by atoms with van der Waals surface area (Å²) in [5.41, 5.74) is 0.198. The first-order valence-electron chi connectivity index (χ1n) is 8.80. The maximum atomic E-state index is 13.4. The molecule has 2 aromatic heterocycles. The lowest BCUT2D eigenvalue weighted by Crippen LogP contribution is -2.43. The first-order chi connectivity index (χ1) is 12.7. The Hall–Kier alpha value is -2.54. The molecule has 1 spiro atoms. The van der Waals surface area contributed by atoms with Gasteiger partial charge in [-0.3, -0.25) is 4.79 Å². The number of anilines is 1. The molecule has 2 aliphatic rings. The van der Waals surface area contributed by atoms with Crippen LogP contribution in [0.3, 0.4) is 0 Å². The average molecular weight is 356 g/mol. The monoisotopic (exact) mass is 356 g/mol. The number of hydrogen-bond acceptors (Lipinski definition) is 5. The molecule has 0 aliphatic carbocycles. The van der Waals surface area contributed by atoms with Gasteiger partial charge in [0.1, 0.15) is 5.82 Å². The molecule has 136 valence electrons. The molecule has 0 aromatic carbocycles. The van der Waals surface area contributed by atoms with Crippen LogP contribution in [0.25, 0.3) is 0 Å². The van der Waals surface area contributed by atoms with Gasteiger partial charge < -0.3 is 14.5 Å². The van der Waals surface area contributed by atoms with E-state index >= 15 is 0 Å². The summed E-state index contributed by atoms with van der Waals surface area (Å²) < 4.78 is 19.2. The van der Waals surface area contributed by atoms with Crippen molar-refractivity contribution >= 4 is 11.7 Å². The van der Waals surface area contributed by atoms with Crippen molar-refractivity contribution in [2.24, 2.45) is 5.41 Å². The number of halogens is 1. The van der Waals surface area contributed by atoms with E-state index in [9.17, 15) is 9.18 Å². The molecule has 1 atom stereocenters. The Labute approximate surface area is 151 Å². The number of ether oxygens (including phenoxy) is 1. The lowest BCUT2D eigenvalue weighted by atomic mass is 9.87. The standard InChI is InChI=1S/C19H21FN4O2/c20-16-11-15(4-7-21-16)18(25)24-9-10-26-14-19(13-24)5-8-23(12-19)17-3-1-2-6-22-17/h1-4,6-7,11H,5,8-10,12-14H2/t19-/m1/s1. The van der Waals surface area contributed by atoms with Crippen LogP contribution in [-0.4, -0.2) is 60.2 Å². The number of hydrogen-bond donors (Lipinski definition) is 0. The zero-order chi connectivity index (χ0) is 18.0. The van der Waals surface area contributed by atoms with E-state index in [1.54, 1.807) is 17.2 Å². The van der Waals surface area contributed by atoms with Crippen molar-refractivity contribution in [2.75, 3.05) is 44.3 Å². The molecule has 0 unspecified atom stereocenters. The summed E-state index contributed by atoms with van der Waals surface area (Å²) in [6.45, 7) is 3.88. The number of nitrogens with zero attached hydrogens (tertiary/aromatic N) is 4. The third kappa shape index (κ3) is 3.39. The molecular weight excluding hydrogens is 335 g/mol. The average Bonchev–Trinajstić information content (AvgIpc) is 2.96. The SMILES string of the molecule is O=C(c1ccnc(F)c1)N1CCOC[C@@]2(CCN(c3ccccn3)C2)C1. The molecule has 6 nitrogen and oxygen atoms in total. The normalized spacial score (nSPS) is 23.3. The highest BCUT2D eigenvalue weighted by Crippen LogP contribution is 2.35. The van der Waals surface area contributed by atoms with E-state index < -0.39 is 5.95 Å². The van der Waals surface area contributed by atoms with Crippen LogP contribution in [0.15, 0.2) is 42.7 Å². The molecule has 2 aliphatic heterocycles. The molecule has 0 N–H and O–H groups in total. The van der Waals surface area contributed by atoms with Crippen LogP contribution in [-0.2, 0) is 4.74 Å². The van der Waals surface area contributed by atoms with Gasteiger partial charge in [-0.2, -0.15) is 4.39 Å². The molecule has 26 heavy (non-hydrogen) atoms. The van der Waals surface area contributed by atoms with Gasteiger partial charge in [-0.1, -0.05) is 6.07 Å². The fourth-order valence-corrected chi connectivity index (χ4v) is 3.80. The van der Waals surface area contributed by atoms with Gasteiger partial charge in [0, 0.05) is 55.6 Å². The lowest BCUT2D eigenvalue weighted by Gasteiger charge is -2.32. The van der Waals surface area contributed by atoms with Gasteiger partial charge in [-0.25, -0.2) is 9.97 Å². The van der Waals surface area contributed by atoms with Gasteiger partial charge in [0.2, 0.25) is 5.95 Å². The van der Waals surface area contributed by atoms with Crippen molar-refractivity contribution in [3.8, 4) is 0 Å². The van der Waals surface area contributed by atoms with Gasteiger partial charge in [0.05, 0.1) is 13.2 Å². The van der Waals surface area contributed by atoms with Crippen LogP contribution in [0.2, 0.25) is 0 Å². The number of pyridine rings is 2. The molecular formula is C19H21FN4O2. The first-order valence-corrected chi connectivity index (χ1v) is 8.80. The lowest BCUT2D eigenvalue weighted by molar-refractivity contribution is 0.0690. The molecule has 4 heterocycles. The van der Waals surface area contributed by atoms with Crippen LogP contribution in [0.4, 0.5) is 10.2 Å². The van der Waals surface area contributed by atoms with Crippen LogP contribution >= 0.6 is 0 Å². The summed E-state index contributed by atoms with van der Waals surface area (Å²) >= 11 is 0. The summed E-state index contributed by atoms with van der Waals surface area (Å²) in [6.07, 6.45) is 4.04. The van der Waals surface area contributed by atoms with Crippen LogP contribution < -0.4 is 4.90 Å². The molecule has 0 saturated carbocycles. The van der Waals surface area contributed by atoms with E-state index in [0.29, 0.717) is 31.9 Å². The Morgan fingerprint density at radius 2 is 2.08 bits per heavy atom. The predicted octanol–water partition coefficient (Wildman–Crippen LogP) is 1.98. The highest BCUT2D eigenvalue weighted by molar-refractivity contribution is 5.94. The van der Waals surface area contributed by atoms with Crippen molar-refractivity contribution in [2.45, 2.75) is 6.42 Å². The fraction of sp³-hybridized carbons (Fsp3) is 0.421. The van der Waals surface area contributed by atoms with E-state index in [4.69, 9.17) is 4.74 Å². The summed E-state index contributed by atoms with van der Waals surface area (Å²) in [5, 5.41) is 0. The summed E-state index contributed by atoms with van der Waals surface area (Å²) in [6, 6.07) is 8.62. The summed E-state index contributed by atoms with van der Waals surface area (Å²) in [4.78, 5) is 24.8. The van der Waals surface area contributed by atoms with Gasteiger partial charge >= 0.3 is 0 Å². The quantitative estimate of drug-likeness (QED) is 0.770. The Morgan fingerprint density at radius 3 is 2.88 bits per heavy atom. The number of rotatable bonds is 2. The molecule has 7 heteroatoms. The third-order valence-electron chi connectivity index (χ3n) is 5.11. The molecule has 4 rings (SSSR count). The molecule has 0 bridgehead atoms. The molecule has 2 saturated heterocycles. The second kappa shape index (κ2) is 6.99. The maximum Gasteiger partial charge on any atom is 0.254 e. The summed E-state index contributed by atoms with van der Waals surface area (Å²) in [5.74, 6) is 0.133. The third-order valence-corrected chi connectivity index (χ3v) is 5.11. The number of aromatic nitrogens is 2. The minimum Gasteiger partial charge on any atom is -0.379 e. The number of carbonyl (C=O) groups excluding carboxylic acids is 1. The van der Waals surface area contributed by atoms with Crippen molar-refractivity contribution in [3.63, 3.8) is 0 Å². The van der Waals surface area contributed by atoms with Crippen molar-refractivity contribution in [1.29, 1.82) is 0 Å². The van der Waals surface area contributed by atoms with E-state index in [2.05, 4.69) is 14.9 Å². The largest absolute Gasteiger partial charge is 0.379 e. The minimum absolute atomic E-state index is 0.130. The fourth-order valence-electron chi connectivity index (χ4n) is 3.80. The van der Waals surface area contributed by atoms with Crippen LogP contribution in [0.5, 0.6) is 0 Å². The first kappa shape index (κ1) is 16.9. The summed E-state index contributed by atoms with van der Waals surface area (Å²) in [7, 11) is 0. The van der Waals surface area contributed by atoms with Gasteiger partial charge in [-0.05, 0) is 24.6 Å². The zero-order valence-electron chi connectivity index (χ0n) is 14.5. The Kier molecular flexibility index (Phi) is 4.55. The van der Waals surface area contributed by atoms with Crippen molar-refractivity contribution in [3.05, 3.63) is 54.2 Å². The second-order valence-corrected chi connectivity index (χ2v) is 7.01. The van der Waals surface area contributed by atoms with Crippen LogP contribution in [0.1, 0.15) is 16.8 Å². The Bertz CT molecular complexity index is 788. The van der Waals surface area contributed by atoms with Crippen molar-refractivity contribution in [1.82, 2.24) is 14.9 Å². The van der Waals surface area contributed by atoms with E-state index in [-0.39, 0.29) is 11.3 Å². The molecule has 1 amide bonds. The predicted molar refractivity (Wildman–Crippen MR) is 94.4 cm³/mol. The zero-order valence-corrected chi connectivity index (χ0v) is 14.5. The number of carbonyl (C=O) groups is 1. The topological polar surface area (TPSA) is 58.6 Å². The van der Waals surface area contributed by atoms with Gasteiger partial charge in [-0.15, -0.1) is 0 Å². The number of amides is 1. The molecule has 2 aromatic rings. The van der Waals surface area contributed by atoms with E-state index in [1.165, 1.54) is 12.3 Å². The molecule has 2 fully saturated rings. The van der Waals surface area contributed by atoms with E-state index in [0.717, 1.165) is 25.3 Å². The Morgan fingerprint density at radius 1 is 1.15 bits per heavy atom. The Balaban J connectivity index is 1.52. The minimum atomic E-state index is -0.640. The smallest absolute Gasteiger partial charge is 0.254 e. The van der Waals surface area contributed by atoms with Crippen LogP contribution in [0, 0.1) is 11.4 Å². The van der Waals surface area contributed by atoms with Gasteiger partial charge in [0.15, 0.2) is 0 Å². The highest BCUT2D eigenvalue weighted by Gasteiger charge is 2.42. The van der Waals surface area contributed by atoms with Gasteiger partial charge in [0.25, 0.3) is 5.91 Å². The molecule has 0 radical (unpaired) electrons. The van der Waals surface area contributed by atoms with Crippen molar-refractivity contribution < 1.29 is 13.9 Å².